The van der Waals surface area contributed by atoms with Gasteiger partial charge in [-0.1, -0.05) is 83.0 Å². The number of ether oxygens (including phenoxy) is 3. The highest BCUT2D eigenvalue weighted by atomic mass is 79.9. The number of amides is 2. The van der Waals surface area contributed by atoms with Gasteiger partial charge in [0.2, 0.25) is 5.79 Å². The highest BCUT2D eigenvalue weighted by molar-refractivity contribution is 9.09. The molecule has 0 radical (unpaired) electrons. The third-order valence-electron chi connectivity index (χ3n) is 8.78. The van der Waals surface area contributed by atoms with Gasteiger partial charge in [-0.2, -0.15) is 0 Å². The average Bonchev–Trinajstić information content (AvgIpc) is 3.64. The SMILES string of the molecule is CCC(C)N1C(=O)N(c2ccccc2)C(N2CCNCC2c2ccccc2OC)N1C1COC(CBr)(c2ccc(Cl)cc2)O1. The lowest BCUT2D eigenvalue weighted by molar-refractivity contribution is -0.220. The predicted molar refractivity (Wildman–Crippen MR) is 175 cm³/mol. The average molecular weight is 685 g/mol. The van der Waals surface area contributed by atoms with Gasteiger partial charge in [0.05, 0.1) is 25.1 Å². The van der Waals surface area contributed by atoms with E-state index in [2.05, 4.69) is 51.1 Å². The Morgan fingerprint density at radius 1 is 1.09 bits per heavy atom. The second kappa shape index (κ2) is 13.3. The van der Waals surface area contributed by atoms with Crippen LogP contribution in [-0.2, 0) is 15.3 Å². The molecule has 3 aliphatic heterocycles. The molecule has 3 aromatic carbocycles. The Morgan fingerprint density at radius 2 is 1.82 bits per heavy atom. The Morgan fingerprint density at radius 3 is 2.52 bits per heavy atom. The minimum Gasteiger partial charge on any atom is -0.496 e. The minimum atomic E-state index is -1.05. The molecule has 5 unspecified atom stereocenters. The Bertz CT molecular complexity index is 1440. The van der Waals surface area contributed by atoms with E-state index in [1.807, 2.05) is 82.7 Å². The van der Waals surface area contributed by atoms with E-state index >= 15 is 0 Å². The number of rotatable bonds is 9. The zero-order chi connectivity index (χ0) is 30.8. The number of anilines is 1. The lowest BCUT2D eigenvalue weighted by atomic mass is 10.0. The molecule has 5 atom stereocenters. The number of hydrazine groups is 1. The van der Waals surface area contributed by atoms with Crippen molar-refractivity contribution >= 4 is 39.2 Å². The fourth-order valence-electron chi connectivity index (χ4n) is 6.40. The monoisotopic (exact) mass is 683 g/mol. The molecular weight excluding hydrogens is 646 g/mol. The standard InChI is InChI=1S/C33H39BrClN5O4/c1-4-23(2)39-32(41)38(26-10-6-5-7-11-26)31(37-19-18-36-20-28(37)27-12-8-9-13-29(27)42-3)40(39)30-21-43-33(22-34,44-30)24-14-16-25(35)17-15-24/h5-17,23,28,30-31,36H,4,18-22H2,1-3H3. The first kappa shape index (κ1) is 31.3. The molecule has 3 fully saturated rings. The molecule has 234 valence electrons. The number of hydrogen-bond acceptors (Lipinski definition) is 7. The van der Waals surface area contributed by atoms with Gasteiger partial charge in [0.25, 0.3) is 0 Å². The number of carbonyl (C=O) groups excluding carboxylic acids is 1. The predicted octanol–water partition coefficient (Wildman–Crippen LogP) is 6.16. The quantitative estimate of drug-likeness (QED) is 0.271. The Balaban J connectivity index is 1.47. The van der Waals surface area contributed by atoms with Crippen LogP contribution in [0.3, 0.4) is 0 Å². The molecular formula is C33H39BrClN5O4. The van der Waals surface area contributed by atoms with Crippen molar-refractivity contribution in [2.45, 2.75) is 50.7 Å². The largest absolute Gasteiger partial charge is 0.496 e. The van der Waals surface area contributed by atoms with Gasteiger partial charge in [0, 0.05) is 47.5 Å². The summed E-state index contributed by atoms with van der Waals surface area (Å²) in [4.78, 5) is 18.9. The number of alkyl halides is 1. The summed E-state index contributed by atoms with van der Waals surface area (Å²) in [7, 11) is 1.70. The first-order chi connectivity index (χ1) is 21.4. The highest BCUT2D eigenvalue weighted by Gasteiger charge is 2.57. The lowest BCUT2D eigenvalue weighted by Crippen LogP contribution is -2.63. The van der Waals surface area contributed by atoms with Crippen molar-refractivity contribution in [3.63, 3.8) is 0 Å². The van der Waals surface area contributed by atoms with E-state index in [-0.39, 0.29) is 24.7 Å². The van der Waals surface area contributed by atoms with E-state index in [0.717, 1.165) is 35.5 Å². The van der Waals surface area contributed by atoms with Gasteiger partial charge >= 0.3 is 6.03 Å². The lowest BCUT2D eigenvalue weighted by Gasteiger charge is -2.47. The molecule has 9 nitrogen and oxygen atoms in total. The van der Waals surface area contributed by atoms with Gasteiger partial charge in [-0.05, 0) is 43.7 Å². The topological polar surface area (TPSA) is 69.8 Å². The van der Waals surface area contributed by atoms with Crippen molar-refractivity contribution < 1.29 is 19.0 Å². The number of para-hydroxylation sites is 2. The normalized spacial score (nSPS) is 27.2. The number of piperazine rings is 1. The van der Waals surface area contributed by atoms with Gasteiger partial charge in [0.1, 0.15) is 5.75 Å². The number of nitrogens with one attached hydrogen (secondary N) is 1. The minimum absolute atomic E-state index is 0.0807. The number of halogens is 2. The molecule has 0 bridgehead atoms. The number of carbonyl (C=O) groups is 1. The maximum Gasteiger partial charge on any atom is 0.341 e. The Kier molecular flexibility index (Phi) is 9.49. The van der Waals surface area contributed by atoms with Crippen molar-refractivity contribution in [2.24, 2.45) is 0 Å². The van der Waals surface area contributed by atoms with E-state index in [1.165, 1.54) is 0 Å². The van der Waals surface area contributed by atoms with Crippen LogP contribution >= 0.6 is 27.5 Å². The molecule has 0 aromatic heterocycles. The second-order valence-corrected chi connectivity index (χ2v) is 12.3. The number of methoxy groups -OCH3 is 1. The van der Waals surface area contributed by atoms with Gasteiger partial charge in [0.15, 0.2) is 12.5 Å². The molecule has 3 heterocycles. The second-order valence-electron chi connectivity index (χ2n) is 11.3. The van der Waals surface area contributed by atoms with E-state index in [0.29, 0.717) is 23.4 Å². The summed E-state index contributed by atoms with van der Waals surface area (Å²) in [5.41, 5.74) is 2.73. The van der Waals surface area contributed by atoms with Crippen LogP contribution in [0.15, 0.2) is 78.9 Å². The maximum atomic E-state index is 14.7. The van der Waals surface area contributed by atoms with Crippen LogP contribution in [0.25, 0.3) is 0 Å². The van der Waals surface area contributed by atoms with Crippen molar-refractivity contribution in [3.8, 4) is 5.75 Å². The zero-order valence-electron chi connectivity index (χ0n) is 25.2. The summed E-state index contributed by atoms with van der Waals surface area (Å²) in [5, 5.41) is 8.61. The third kappa shape index (κ3) is 5.62. The molecule has 6 rings (SSSR count). The van der Waals surface area contributed by atoms with E-state index < -0.39 is 18.3 Å². The molecule has 11 heteroatoms. The van der Waals surface area contributed by atoms with Gasteiger partial charge in [-0.3, -0.25) is 9.80 Å². The number of hydrogen-bond donors (Lipinski definition) is 1. The number of benzene rings is 3. The molecule has 3 saturated heterocycles. The smallest absolute Gasteiger partial charge is 0.341 e. The molecule has 0 saturated carbocycles. The van der Waals surface area contributed by atoms with Gasteiger partial charge in [-0.15, -0.1) is 5.01 Å². The van der Waals surface area contributed by atoms with Gasteiger partial charge in [-0.25, -0.2) is 9.80 Å². The molecule has 0 aliphatic carbocycles. The van der Waals surface area contributed by atoms with Crippen molar-refractivity contribution in [3.05, 3.63) is 95.0 Å². The van der Waals surface area contributed by atoms with Crippen LogP contribution in [0, 0.1) is 0 Å². The maximum absolute atomic E-state index is 14.7. The summed E-state index contributed by atoms with van der Waals surface area (Å²) >= 11 is 9.89. The fraction of sp³-hybridized carbons (Fsp3) is 0.424. The van der Waals surface area contributed by atoms with Crippen molar-refractivity contribution in [1.29, 1.82) is 0 Å². The molecule has 3 aromatic rings. The molecule has 3 aliphatic rings. The van der Waals surface area contributed by atoms with E-state index in [9.17, 15) is 4.79 Å². The van der Waals surface area contributed by atoms with E-state index in [4.69, 9.17) is 25.8 Å². The first-order valence-electron chi connectivity index (χ1n) is 15.1. The zero-order valence-corrected chi connectivity index (χ0v) is 27.6. The summed E-state index contributed by atoms with van der Waals surface area (Å²) in [6, 6.07) is 25.3. The number of nitrogens with zero attached hydrogens (tertiary/aromatic N) is 4. The number of urea groups is 1. The molecule has 44 heavy (non-hydrogen) atoms. The van der Waals surface area contributed by atoms with Crippen LogP contribution in [-0.4, -0.2) is 78.2 Å². The van der Waals surface area contributed by atoms with Crippen LogP contribution in [0.5, 0.6) is 5.75 Å². The Hall–Kier alpha value is -2.70. The Labute approximate surface area is 272 Å². The van der Waals surface area contributed by atoms with Crippen molar-refractivity contribution in [1.82, 2.24) is 20.2 Å². The van der Waals surface area contributed by atoms with Gasteiger partial charge < -0.3 is 19.5 Å². The summed E-state index contributed by atoms with van der Waals surface area (Å²) < 4.78 is 19.2. The van der Waals surface area contributed by atoms with Crippen LogP contribution in [0.4, 0.5) is 10.5 Å². The fourth-order valence-corrected chi connectivity index (χ4v) is 7.14. The molecule has 2 amide bonds. The molecule has 0 spiro atoms. The third-order valence-corrected chi connectivity index (χ3v) is 9.77. The summed E-state index contributed by atoms with van der Waals surface area (Å²) in [6.45, 7) is 6.61. The first-order valence-corrected chi connectivity index (χ1v) is 16.6. The van der Waals surface area contributed by atoms with Crippen molar-refractivity contribution in [2.75, 3.05) is 43.6 Å². The summed E-state index contributed by atoms with van der Waals surface area (Å²) in [6.07, 6.45) is -0.294. The van der Waals surface area contributed by atoms with E-state index in [1.54, 1.807) is 7.11 Å². The van der Waals surface area contributed by atoms with Crippen LogP contribution in [0.1, 0.15) is 37.4 Å². The molecule has 1 N–H and O–H groups in total. The highest BCUT2D eigenvalue weighted by Crippen LogP contribution is 2.44. The van der Waals surface area contributed by atoms with Crippen LogP contribution in [0.2, 0.25) is 5.02 Å². The summed E-state index contributed by atoms with van der Waals surface area (Å²) in [5.74, 6) is -0.232. The van der Waals surface area contributed by atoms with Crippen LogP contribution < -0.4 is 15.0 Å².